The van der Waals surface area contributed by atoms with Gasteiger partial charge in [0.2, 0.25) is 11.6 Å². The van der Waals surface area contributed by atoms with Gasteiger partial charge < -0.3 is 10.6 Å². The average molecular weight is 373 g/mol. The topological polar surface area (TPSA) is 89.1 Å². The lowest BCUT2D eigenvalue weighted by atomic mass is 10.2. The van der Waals surface area contributed by atoms with E-state index in [0.717, 1.165) is 30.8 Å². The van der Waals surface area contributed by atoms with Crippen LogP contribution in [0, 0.1) is 6.57 Å². The third-order valence-electron chi connectivity index (χ3n) is 4.73. The molecule has 0 aromatic carbocycles. The Morgan fingerprint density at radius 3 is 2.46 bits per heavy atom. The quantitative estimate of drug-likeness (QED) is 0.669. The van der Waals surface area contributed by atoms with Crippen LogP contribution in [0.2, 0.25) is 0 Å². The molecule has 8 nitrogen and oxygen atoms in total. The summed E-state index contributed by atoms with van der Waals surface area (Å²) in [5, 5.41) is 6.77. The standard InChI is InChI=1S/C20H19N7O/c1-21-16-11-23-20(24-12-16)26-15-6-5-14(10-15)25-18-8-7-17(13-22-18)27-9-3-2-4-19(27)28/h2-4,7-9,11-15H,5-6,10H2,(H,22,25)(H,23,24,26)/t14-,15-/m0/s1. The second-order valence-electron chi connectivity index (χ2n) is 6.68. The molecule has 3 heterocycles. The largest absolute Gasteiger partial charge is 0.367 e. The number of pyridine rings is 2. The van der Waals surface area contributed by atoms with Gasteiger partial charge in [0.25, 0.3) is 5.56 Å². The minimum absolute atomic E-state index is 0.0821. The van der Waals surface area contributed by atoms with Crippen molar-refractivity contribution in [3.8, 4) is 5.69 Å². The Hall–Kier alpha value is -3.73. The molecular weight excluding hydrogens is 354 g/mol. The zero-order chi connectivity index (χ0) is 19.3. The highest BCUT2D eigenvalue weighted by Gasteiger charge is 2.25. The summed E-state index contributed by atoms with van der Waals surface area (Å²) >= 11 is 0. The van der Waals surface area contributed by atoms with Crippen LogP contribution in [-0.2, 0) is 0 Å². The van der Waals surface area contributed by atoms with Gasteiger partial charge in [0.15, 0.2) is 0 Å². The van der Waals surface area contributed by atoms with Crippen molar-refractivity contribution in [1.82, 2.24) is 19.5 Å². The van der Waals surface area contributed by atoms with Gasteiger partial charge in [0, 0.05) is 36.7 Å². The average Bonchev–Trinajstić information content (AvgIpc) is 3.16. The molecule has 0 spiro atoms. The SMILES string of the molecule is [C-]#[N+]c1cnc(N[C@H]2CC[C@H](Nc3ccc(-n4ccccc4=O)cn3)C2)nc1. The van der Waals surface area contributed by atoms with Gasteiger partial charge in [-0.2, -0.15) is 0 Å². The highest BCUT2D eigenvalue weighted by atomic mass is 16.1. The van der Waals surface area contributed by atoms with Crippen molar-refractivity contribution in [1.29, 1.82) is 0 Å². The third-order valence-corrected chi connectivity index (χ3v) is 4.73. The van der Waals surface area contributed by atoms with Crippen molar-refractivity contribution >= 4 is 17.5 Å². The fourth-order valence-electron chi connectivity index (χ4n) is 3.34. The Kier molecular flexibility index (Phi) is 4.97. The second-order valence-corrected chi connectivity index (χ2v) is 6.68. The van der Waals surface area contributed by atoms with E-state index >= 15 is 0 Å². The van der Waals surface area contributed by atoms with Crippen molar-refractivity contribution in [2.45, 2.75) is 31.3 Å². The predicted octanol–water partition coefficient (Wildman–Crippen LogP) is 3.02. The molecule has 0 radical (unpaired) electrons. The van der Waals surface area contributed by atoms with Gasteiger partial charge in [-0.05, 0) is 37.5 Å². The number of nitrogens with one attached hydrogen (secondary N) is 2. The Morgan fingerprint density at radius 2 is 1.79 bits per heavy atom. The lowest BCUT2D eigenvalue weighted by Crippen LogP contribution is -2.22. The summed E-state index contributed by atoms with van der Waals surface area (Å²) < 4.78 is 1.56. The van der Waals surface area contributed by atoms with Crippen LogP contribution >= 0.6 is 0 Å². The van der Waals surface area contributed by atoms with Crippen molar-refractivity contribution in [3.63, 3.8) is 0 Å². The third kappa shape index (κ3) is 3.99. The van der Waals surface area contributed by atoms with E-state index in [1.54, 1.807) is 23.0 Å². The molecule has 2 atom stereocenters. The zero-order valence-electron chi connectivity index (χ0n) is 15.1. The number of rotatable bonds is 5. The van der Waals surface area contributed by atoms with Crippen LogP contribution in [0.25, 0.3) is 10.5 Å². The van der Waals surface area contributed by atoms with Gasteiger partial charge in [-0.1, -0.05) is 6.07 Å². The lowest BCUT2D eigenvalue weighted by molar-refractivity contribution is 0.716. The summed E-state index contributed by atoms with van der Waals surface area (Å²) in [4.78, 5) is 28.0. The summed E-state index contributed by atoms with van der Waals surface area (Å²) in [5.74, 6) is 1.34. The van der Waals surface area contributed by atoms with E-state index in [-0.39, 0.29) is 11.6 Å². The monoisotopic (exact) mass is 373 g/mol. The van der Waals surface area contributed by atoms with Gasteiger partial charge in [-0.3, -0.25) is 9.36 Å². The number of aromatic nitrogens is 4. The van der Waals surface area contributed by atoms with Crippen molar-refractivity contribution < 1.29 is 0 Å². The lowest BCUT2D eigenvalue weighted by Gasteiger charge is -2.15. The van der Waals surface area contributed by atoms with Gasteiger partial charge in [-0.25, -0.2) is 19.8 Å². The fraction of sp³-hybridized carbons (Fsp3) is 0.250. The summed E-state index contributed by atoms with van der Waals surface area (Å²) in [5.41, 5.74) is 1.09. The van der Waals surface area contributed by atoms with Crippen molar-refractivity contribution in [2.24, 2.45) is 0 Å². The molecule has 28 heavy (non-hydrogen) atoms. The Labute approximate surface area is 162 Å². The maximum absolute atomic E-state index is 11.9. The van der Waals surface area contributed by atoms with E-state index < -0.39 is 0 Å². The zero-order valence-corrected chi connectivity index (χ0v) is 15.1. The first-order valence-electron chi connectivity index (χ1n) is 9.08. The van der Waals surface area contributed by atoms with Crippen LogP contribution in [0.4, 0.5) is 17.5 Å². The first kappa shape index (κ1) is 17.7. The molecule has 1 fully saturated rings. The van der Waals surface area contributed by atoms with Crippen molar-refractivity contribution in [2.75, 3.05) is 10.6 Å². The summed E-state index contributed by atoms with van der Waals surface area (Å²) in [6.45, 7) is 6.94. The second kappa shape index (κ2) is 7.88. The normalized spacial score (nSPS) is 18.4. The minimum atomic E-state index is -0.0821. The van der Waals surface area contributed by atoms with Crippen LogP contribution in [0.5, 0.6) is 0 Å². The van der Waals surface area contributed by atoms with Gasteiger partial charge in [-0.15, -0.1) is 0 Å². The van der Waals surface area contributed by atoms with E-state index in [4.69, 9.17) is 6.57 Å². The molecular formula is C20H19N7O. The molecule has 0 amide bonds. The van der Waals surface area contributed by atoms with Crippen LogP contribution in [0.1, 0.15) is 19.3 Å². The number of hydrogen-bond donors (Lipinski definition) is 2. The molecule has 0 saturated heterocycles. The number of hydrogen-bond acceptors (Lipinski definition) is 6. The first-order valence-corrected chi connectivity index (χ1v) is 9.08. The van der Waals surface area contributed by atoms with Gasteiger partial charge in [0.1, 0.15) is 5.82 Å². The molecule has 3 aromatic rings. The maximum Gasteiger partial charge on any atom is 0.255 e. The van der Waals surface area contributed by atoms with E-state index in [0.29, 0.717) is 17.7 Å². The molecule has 3 aromatic heterocycles. The van der Waals surface area contributed by atoms with E-state index in [2.05, 4.69) is 30.4 Å². The van der Waals surface area contributed by atoms with E-state index in [9.17, 15) is 4.79 Å². The minimum Gasteiger partial charge on any atom is -0.367 e. The number of anilines is 2. The van der Waals surface area contributed by atoms with Crippen LogP contribution < -0.4 is 16.2 Å². The van der Waals surface area contributed by atoms with Gasteiger partial charge in [0.05, 0.1) is 18.5 Å². The first-order chi connectivity index (χ1) is 13.7. The van der Waals surface area contributed by atoms with Crippen LogP contribution in [-0.4, -0.2) is 31.6 Å². The molecule has 140 valence electrons. The van der Waals surface area contributed by atoms with Crippen LogP contribution in [0.15, 0.2) is 59.9 Å². The summed E-state index contributed by atoms with van der Waals surface area (Å²) in [6.07, 6.45) is 9.42. The Balaban J connectivity index is 1.34. The summed E-state index contributed by atoms with van der Waals surface area (Å²) in [7, 11) is 0. The molecule has 0 aliphatic heterocycles. The highest BCUT2D eigenvalue weighted by molar-refractivity contribution is 5.43. The smallest absolute Gasteiger partial charge is 0.255 e. The molecule has 1 aliphatic rings. The molecule has 8 heteroatoms. The Morgan fingerprint density at radius 1 is 1.00 bits per heavy atom. The molecule has 4 rings (SSSR count). The molecule has 1 aliphatic carbocycles. The van der Waals surface area contributed by atoms with E-state index in [1.165, 1.54) is 18.5 Å². The molecule has 2 N–H and O–H groups in total. The maximum atomic E-state index is 11.9. The number of nitrogens with zero attached hydrogens (tertiary/aromatic N) is 5. The molecule has 1 saturated carbocycles. The van der Waals surface area contributed by atoms with E-state index in [1.807, 2.05) is 18.2 Å². The van der Waals surface area contributed by atoms with Crippen molar-refractivity contribution in [3.05, 3.63) is 76.9 Å². The molecule has 0 bridgehead atoms. The molecule has 0 unspecified atom stereocenters. The van der Waals surface area contributed by atoms with Gasteiger partial charge >= 0.3 is 0 Å². The highest BCUT2D eigenvalue weighted by Crippen LogP contribution is 2.25. The summed E-state index contributed by atoms with van der Waals surface area (Å²) in [6, 6.07) is 9.41. The van der Waals surface area contributed by atoms with Crippen LogP contribution in [0.3, 0.4) is 0 Å². The fourth-order valence-corrected chi connectivity index (χ4v) is 3.34. The Bertz CT molecular complexity index is 1040. The predicted molar refractivity (Wildman–Crippen MR) is 107 cm³/mol.